The van der Waals surface area contributed by atoms with Crippen molar-refractivity contribution in [3.63, 3.8) is 0 Å². The number of amides is 2. The van der Waals surface area contributed by atoms with Gasteiger partial charge < -0.3 is 15.4 Å². The number of ether oxygens (including phenoxy) is 1. The van der Waals surface area contributed by atoms with Crippen molar-refractivity contribution < 1.29 is 18.7 Å². The highest BCUT2D eigenvalue weighted by Crippen LogP contribution is 2.14. The highest BCUT2D eigenvalue weighted by molar-refractivity contribution is 9.10. The largest absolute Gasteiger partial charge is 0.445 e. The van der Waals surface area contributed by atoms with Crippen LogP contribution in [0.4, 0.5) is 9.18 Å². The number of benzene rings is 2. The molecule has 0 aliphatic rings. The fraction of sp³-hybridized carbons (Fsp3) is 0.263. The lowest BCUT2D eigenvalue weighted by atomic mass is 10.2. The normalized spacial score (nSPS) is 10.2. The van der Waals surface area contributed by atoms with Gasteiger partial charge in [-0.05, 0) is 35.7 Å². The number of hydrogen-bond donors (Lipinski definition) is 2. The van der Waals surface area contributed by atoms with Crippen LogP contribution in [0.5, 0.6) is 0 Å². The van der Waals surface area contributed by atoms with Crippen LogP contribution in [0, 0.1) is 5.82 Å². The lowest BCUT2D eigenvalue weighted by molar-refractivity contribution is -0.121. The van der Waals surface area contributed by atoms with Crippen LogP contribution in [0.15, 0.2) is 53.0 Å². The molecule has 0 bridgehead atoms. The van der Waals surface area contributed by atoms with E-state index >= 15 is 0 Å². The predicted octanol–water partition coefficient (Wildman–Crippen LogP) is 3.91. The van der Waals surface area contributed by atoms with Crippen molar-refractivity contribution in [2.24, 2.45) is 0 Å². The number of carbonyl (C=O) groups is 2. The highest BCUT2D eigenvalue weighted by atomic mass is 79.9. The highest BCUT2D eigenvalue weighted by Gasteiger charge is 2.05. The Morgan fingerprint density at radius 1 is 1.04 bits per heavy atom. The second-order valence-electron chi connectivity index (χ2n) is 5.65. The first kappa shape index (κ1) is 19.9. The van der Waals surface area contributed by atoms with Crippen molar-refractivity contribution in [2.45, 2.75) is 26.0 Å². The lowest BCUT2D eigenvalue weighted by Gasteiger charge is -2.08. The minimum atomic E-state index is -0.515. The molecule has 0 aliphatic heterocycles. The summed E-state index contributed by atoms with van der Waals surface area (Å²) in [5, 5.41) is 5.32. The molecule has 0 saturated heterocycles. The van der Waals surface area contributed by atoms with Crippen LogP contribution in [-0.4, -0.2) is 18.5 Å². The van der Waals surface area contributed by atoms with Crippen LogP contribution >= 0.6 is 15.9 Å². The number of hydrogen-bond acceptors (Lipinski definition) is 3. The zero-order valence-electron chi connectivity index (χ0n) is 14.1. The molecule has 0 saturated carbocycles. The Morgan fingerprint density at radius 3 is 2.54 bits per heavy atom. The summed E-state index contributed by atoms with van der Waals surface area (Å²) in [5.41, 5.74) is 1.58. The maximum atomic E-state index is 13.3. The van der Waals surface area contributed by atoms with Gasteiger partial charge in [-0.1, -0.05) is 46.3 Å². The van der Waals surface area contributed by atoms with Gasteiger partial charge in [0.05, 0.1) is 0 Å². The van der Waals surface area contributed by atoms with Gasteiger partial charge in [0.25, 0.3) is 0 Å². The number of rotatable bonds is 8. The van der Waals surface area contributed by atoms with Crippen LogP contribution in [0.3, 0.4) is 0 Å². The molecule has 5 nitrogen and oxygen atoms in total. The number of alkyl carbamates (subject to hydrolysis) is 1. The molecule has 2 aromatic rings. The molecule has 7 heteroatoms. The van der Waals surface area contributed by atoms with Gasteiger partial charge in [-0.3, -0.25) is 4.79 Å². The van der Waals surface area contributed by atoms with Crippen LogP contribution in [0.2, 0.25) is 0 Å². The van der Waals surface area contributed by atoms with E-state index in [1.807, 2.05) is 30.3 Å². The first-order valence-corrected chi connectivity index (χ1v) is 8.98. The molecule has 2 amide bonds. The predicted molar refractivity (Wildman–Crippen MR) is 99.8 cm³/mol. The zero-order chi connectivity index (χ0) is 18.8. The Labute approximate surface area is 160 Å². The maximum absolute atomic E-state index is 13.3. The third-order valence-corrected chi connectivity index (χ3v) is 3.93. The molecule has 2 rings (SSSR count). The summed E-state index contributed by atoms with van der Waals surface area (Å²) < 4.78 is 19.0. The molecular formula is C19H20BrFN2O3. The smallest absolute Gasteiger partial charge is 0.407 e. The number of carbonyl (C=O) groups excluding carboxylic acids is 2. The van der Waals surface area contributed by atoms with E-state index in [9.17, 15) is 14.0 Å². The van der Waals surface area contributed by atoms with Crippen molar-refractivity contribution in [1.82, 2.24) is 10.6 Å². The third kappa shape index (κ3) is 7.65. The van der Waals surface area contributed by atoms with Crippen LogP contribution in [0.25, 0.3) is 0 Å². The first-order chi connectivity index (χ1) is 12.5. The molecule has 26 heavy (non-hydrogen) atoms. The average molecular weight is 423 g/mol. The number of halogens is 2. The van der Waals surface area contributed by atoms with Crippen molar-refractivity contribution in [1.29, 1.82) is 0 Å². The Bertz CT molecular complexity index is 721. The van der Waals surface area contributed by atoms with Gasteiger partial charge in [0.1, 0.15) is 12.4 Å². The summed E-state index contributed by atoms with van der Waals surface area (Å²) in [4.78, 5) is 23.3. The van der Waals surface area contributed by atoms with E-state index in [2.05, 4.69) is 26.6 Å². The summed E-state index contributed by atoms with van der Waals surface area (Å²) in [6.07, 6.45) is 0.230. The average Bonchev–Trinajstić information content (AvgIpc) is 2.62. The van der Waals surface area contributed by atoms with Crippen molar-refractivity contribution >= 4 is 27.9 Å². The van der Waals surface area contributed by atoms with E-state index < -0.39 is 6.09 Å². The van der Waals surface area contributed by atoms with Crippen LogP contribution in [-0.2, 0) is 22.7 Å². The fourth-order valence-electron chi connectivity index (χ4n) is 2.22. The van der Waals surface area contributed by atoms with Gasteiger partial charge in [0.15, 0.2) is 0 Å². The molecule has 0 heterocycles. The topological polar surface area (TPSA) is 67.4 Å². The molecule has 0 atom stereocenters. The Kier molecular flexibility index (Phi) is 8.08. The van der Waals surface area contributed by atoms with Gasteiger partial charge in [-0.25, -0.2) is 9.18 Å². The van der Waals surface area contributed by atoms with E-state index in [1.165, 1.54) is 12.1 Å². The second-order valence-corrected chi connectivity index (χ2v) is 6.56. The molecule has 0 aliphatic carbocycles. The molecule has 0 spiro atoms. The summed E-state index contributed by atoms with van der Waals surface area (Å²) in [5.74, 6) is -0.522. The van der Waals surface area contributed by atoms with E-state index in [4.69, 9.17) is 4.74 Å². The van der Waals surface area contributed by atoms with Crippen molar-refractivity contribution in [3.05, 3.63) is 69.9 Å². The van der Waals surface area contributed by atoms with Gasteiger partial charge in [-0.2, -0.15) is 0 Å². The Hall–Kier alpha value is -2.41. The molecule has 2 N–H and O–H groups in total. The molecule has 138 valence electrons. The quantitative estimate of drug-likeness (QED) is 0.633. The monoisotopic (exact) mass is 422 g/mol. The Morgan fingerprint density at radius 2 is 1.81 bits per heavy atom. The minimum absolute atomic E-state index is 0.162. The molecule has 0 aromatic heterocycles. The van der Waals surface area contributed by atoms with Crippen LogP contribution < -0.4 is 10.6 Å². The van der Waals surface area contributed by atoms with Gasteiger partial charge in [0, 0.05) is 24.0 Å². The third-order valence-electron chi connectivity index (χ3n) is 3.47. The van der Waals surface area contributed by atoms with Gasteiger partial charge in [0.2, 0.25) is 5.91 Å². The summed E-state index contributed by atoms with van der Waals surface area (Å²) in [6, 6.07) is 13.8. The Balaban J connectivity index is 1.57. The summed E-state index contributed by atoms with van der Waals surface area (Å²) in [7, 11) is 0. The van der Waals surface area contributed by atoms with E-state index in [0.717, 1.165) is 5.56 Å². The maximum Gasteiger partial charge on any atom is 0.407 e. The lowest BCUT2D eigenvalue weighted by Crippen LogP contribution is -2.27. The molecule has 0 radical (unpaired) electrons. The minimum Gasteiger partial charge on any atom is -0.445 e. The SMILES string of the molecule is O=C(CCCNC(=O)OCc1ccccc1)NCc1cc(F)cc(Br)c1. The van der Waals surface area contributed by atoms with Crippen LogP contribution in [0.1, 0.15) is 24.0 Å². The summed E-state index contributed by atoms with van der Waals surface area (Å²) >= 11 is 3.21. The second kappa shape index (κ2) is 10.6. The summed E-state index contributed by atoms with van der Waals surface area (Å²) in [6.45, 7) is 0.796. The standard InChI is InChI=1S/C19H20BrFN2O3/c20-16-9-15(10-17(21)11-16)12-23-18(24)7-4-8-22-19(25)26-13-14-5-2-1-3-6-14/h1-3,5-6,9-11H,4,7-8,12-13H2,(H,22,25)(H,23,24). The molecule has 2 aromatic carbocycles. The van der Waals surface area contributed by atoms with Crippen molar-refractivity contribution in [3.8, 4) is 0 Å². The van der Waals surface area contributed by atoms with E-state index in [1.54, 1.807) is 6.07 Å². The zero-order valence-corrected chi connectivity index (χ0v) is 15.7. The molecule has 0 unspecified atom stereocenters. The van der Waals surface area contributed by atoms with Gasteiger partial charge >= 0.3 is 6.09 Å². The molecular weight excluding hydrogens is 403 g/mol. The number of nitrogens with one attached hydrogen (secondary N) is 2. The van der Waals surface area contributed by atoms with Gasteiger partial charge in [-0.15, -0.1) is 0 Å². The van der Waals surface area contributed by atoms with Crippen molar-refractivity contribution in [2.75, 3.05) is 6.54 Å². The first-order valence-electron chi connectivity index (χ1n) is 8.19. The van der Waals surface area contributed by atoms with E-state index in [0.29, 0.717) is 23.0 Å². The van der Waals surface area contributed by atoms with E-state index in [-0.39, 0.29) is 31.3 Å². The fourth-order valence-corrected chi connectivity index (χ4v) is 2.73. The molecule has 0 fully saturated rings.